The Labute approximate surface area is 195 Å². The number of esters is 1. The zero-order chi connectivity index (χ0) is 22.6. The Morgan fingerprint density at radius 3 is 1.73 bits per heavy atom. The van der Waals surface area contributed by atoms with E-state index in [0.717, 1.165) is 77.7 Å². The van der Waals surface area contributed by atoms with Gasteiger partial charge in [0.1, 0.15) is 0 Å². The summed E-state index contributed by atoms with van der Waals surface area (Å²) in [6.07, 6.45) is 10.2. The first-order valence-electron chi connectivity index (χ1n) is 12.0. The molecule has 0 bridgehead atoms. The quantitative estimate of drug-likeness (QED) is 0.414. The Hall–Kier alpha value is -3.46. The second-order valence-corrected chi connectivity index (χ2v) is 8.73. The number of rotatable bonds is 4. The van der Waals surface area contributed by atoms with Gasteiger partial charge in [0.2, 0.25) is 0 Å². The fraction of sp³-hybridized carbons (Fsp3) is 0.267. The summed E-state index contributed by atoms with van der Waals surface area (Å²) in [6.45, 7) is 2.25. The first kappa shape index (κ1) is 21.4. The molecule has 0 atom stereocenters. The van der Waals surface area contributed by atoms with Crippen molar-refractivity contribution in [2.24, 2.45) is 0 Å². The molecule has 0 amide bonds. The number of carbonyl (C=O) groups is 1. The molecule has 3 nitrogen and oxygen atoms in total. The van der Waals surface area contributed by atoms with E-state index in [-0.39, 0.29) is 5.97 Å². The number of ether oxygens (including phenoxy) is 1. The first-order chi connectivity index (χ1) is 16.2. The van der Waals surface area contributed by atoms with Crippen LogP contribution in [0.1, 0.15) is 76.6 Å². The van der Waals surface area contributed by atoms with Crippen molar-refractivity contribution in [2.75, 3.05) is 6.61 Å². The minimum atomic E-state index is -0.200. The van der Waals surface area contributed by atoms with E-state index < -0.39 is 0 Å². The van der Waals surface area contributed by atoms with Crippen LogP contribution in [-0.4, -0.2) is 17.6 Å². The fourth-order valence-corrected chi connectivity index (χ4v) is 5.06. The Bertz CT molecular complexity index is 1140. The van der Waals surface area contributed by atoms with Gasteiger partial charge in [0.25, 0.3) is 0 Å². The van der Waals surface area contributed by atoms with Crippen LogP contribution in [-0.2, 0) is 17.6 Å². The maximum atomic E-state index is 13.2. The number of benzene rings is 2. The molecule has 0 spiro atoms. The van der Waals surface area contributed by atoms with Crippen molar-refractivity contribution in [3.05, 3.63) is 99.9 Å². The van der Waals surface area contributed by atoms with E-state index in [1.807, 2.05) is 19.1 Å². The van der Waals surface area contributed by atoms with Gasteiger partial charge in [0, 0.05) is 0 Å². The molecule has 0 fully saturated rings. The van der Waals surface area contributed by atoms with E-state index in [4.69, 9.17) is 9.72 Å². The lowest BCUT2D eigenvalue weighted by Crippen LogP contribution is -2.21. The van der Waals surface area contributed by atoms with Gasteiger partial charge in [0.05, 0.1) is 23.6 Å². The third kappa shape index (κ3) is 4.41. The average Bonchev–Trinajstić information content (AvgIpc) is 2.85. The van der Waals surface area contributed by atoms with Gasteiger partial charge >= 0.3 is 5.97 Å². The van der Waals surface area contributed by atoms with Gasteiger partial charge in [-0.05, 0) is 91.0 Å². The molecule has 0 unspecified atom stereocenters. The normalized spacial score (nSPS) is 17.5. The second kappa shape index (κ2) is 9.58. The smallest absolute Gasteiger partial charge is 0.338 e. The van der Waals surface area contributed by atoms with Crippen LogP contribution >= 0.6 is 0 Å². The molecular formula is C30H29NO2. The molecule has 33 heavy (non-hydrogen) atoms. The van der Waals surface area contributed by atoms with Gasteiger partial charge in [-0.15, -0.1) is 0 Å². The summed E-state index contributed by atoms with van der Waals surface area (Å²) in [6, 6.07) is 20.8. The Balaban J connectivity index is 1.72. The average molecular weight is 436 g/mol. The predicted molar refractivity (Wildman–Crippen MR) is 135 cm³/mol. The molecule has 5 rings (SSSR count). The third-order valence-corrected chi connectivity index (χ3v) is 6.51. The summed E-state index contributed by atoms with van der Waals surface area (Å²) in [5, 5.41) is 0. The summed E-state index contributed by atoms with van der Waals surface area (Å²) < 4.78 is 5.56. The zero-order valence-corrected chi connectivity index (χ0v) is 19.1. The van der Waals surface area contributed by atoms with E-state index in [2.05, 4.69) is 60.7 Å². The molecule has 0 saturated carbocycles. The molecule has 1 heterocycles. The SMILES string of the molecule is CCOC(=O)c1c2c(nc3c1CCCC3=Cc1ccccc1)C(=Cc1ccccc1)CCC2. The highest BCUT2D eigenvalue weighted by molar-refractivity contribution is 5.98. The van der Waals surface area contributed by atoms with Crippen molar-refractivity contribution >= 4 is 29.3 Å². The van der Waals surface area contributed by atoms with E-state index in [1.165, 1.54) is 11.1 Å². The highest BCUT2D eigenvalue weighted by Gasteiger charge is 2.31. The van der Waals surface area contributed by atoms with Crippen LogP contribution in [0, 0.1) is 0 Å². The molecule has 2 aromatic carbocycles. The van der Waals surface area contributed by atoms with Crippen molar-refractivity contribution in [1.82, 2.24) is 4.98 Å². The minimum absolute atomic E-state index is 0.200. The van der Waals surface area contributed by atoms with Crippen molar-refractivity contribution in [3.8, 4) is 0 Å². The lowest BCUT2D eigenvalue weighted by molar-refractivity contribution is 0.0523. The van der Waals surface area contributed by atoms with E-state index in [9.17, 15) is 4.79 Å². The number of allylic oxidation sites excluding steroid dienone is 2. The van der Waals surface area contributed by atoms with Crippen LogP contribution < -0.4 is 0 Å². The standard InChI is InChI=1S/C30H29NO2/c1-2-33-30(32)27-25-17-9-15-23(19-21-11-5-3-6-12-21)28(25)31-29-24(16-10-18-26(27)29)20-22-13-7-4-8-14-22/h3-8,11-14,19-20H,2,9-10,15-18H2,1H3. The maximum absolute atomic E-state index is 13.2. The van der Waals surface area contributed by atoms with Gasteiger partial charge < -0.3 is 4.74 Å². The maximum Gasteiger partial charge on any atom is 0.338 e. The summed E-state index contributed by atoms with van der Waals surface area (Å²) >= 11 is 0. The van der Waals surface area contributed by atoms with Crippen LogP contribution in [0.4, 0.5) is 0 Å². The summed E-state index contributed by atoms with van der Waals surface area (Å²) in [5.41, 5.74) is 9.62. The largest absolute Gasteiger partial charge is 0.462 e. The number of fused-ring (bicyclic) bond motifs is 2. The number of aromatic nitrogens is 1. The molecule has 166 valence electrons. The molecule has 0 saturated heterocycles. The highest BCUT2D eigenvalue weighted by Crippen LogP contribution is 2.40. The number of pyridine rings is 1. The van der Waals surface area contributed by atoms with Crippen LogP contribution in [0.15, 0.2) is 60.7 Å². The summed E-state index contributed by atoms with van der Waals surface area (Å²) in [5.74, 6) is -0.200. The number of hydrogen-bond donors (Lipinski definition) is 0. The van der Waals surface area contributed by atoms with Gasteiger partial charge in [-0.3, -0.25) is 0 Å². The predicted octanol–water partition coefficient (Wildman–Crippen LogP) is 7.01. The monoisotopic (exact) mass is 435 g/mol. The Kier molecular flexibility index (Phi) is 6.21. The van der Waals surface area contributed by atoms with Crippen molar-refractivity contribution < 1.29 is 9.53 Å². The molecule has 1 aromatic heterocycles. The molecule has 2 aliphatic carbocycles. The lowest BCUT2D eigenvalue weighted by Gasteiger charge is -2.28. The van der Waals surface area contributed by atoms with Crippen molar-refractivity contribution in [1.29, 1.82) is 0 Å². The Morgan fingerprint density at radius 1 is 0.788 bits per heavy atom. The van der Waals surface area contributed by atoms with Gasteiger partial charge in [-0.1, -0.05) is 60.7 Å². The molecule has 3 heteroatoms. The van der Waals surface area contributed by atoms with Crippen molar-refractivity contribution in [2.45, 2.75) is 45.4 Å². The van der Waals surface area contributed by atoms with Crippen LogP contribution in [0.5, 0.6) is 0 Å². The third-order valence-electron chi connectivity index (χ3n) is 6.51. The fourth-order valence-electron chi connectivity index (χ4n) is 5.06. The van der Waals surface area contributed by atoms with E-state index >= 15 is 0 Å². The van der Waals surface area contributed by atoms with Gasteiger partial charge in [-0.2, -0.15) is 0 Å². The topological polar surface area (TPSA) is 39.2 Å². The molecule has 0 radical (unpaired) electrons. The highest BCUT2D eigenvalue weighted by atomic mass is 16.5. The van der Waals surface area contributed by atoms with E-state index in [1.54, 1.807) is 0 Å². The van der Waals surface area contributed by atoms with Crippen LogP contribution in [0.25, 0.3) is 23.3 Å². The van der Waals surface area contributed by atoms with Crippen LogP contribution in [0.3, 0.4) is 0 Å². The summed E-state index contributed by atoms with van der Waals surface area (Å²) in [4.78, 5) is 18.5. The Morgan fingerprint density at radius 2 is 1.27 bits per heavy atom. The molecule has 2 aliphatic rings. The second-order valence-electron chi connectivity index (χ2n) is 8.73. The first-order valence-corrected chi connectivity index (χ1v) is 12.0. The zero-order valence-electron chi connectivity index (χ0n) is 19.1. The van der Waals surface area contributed by atoms with Crippen LogP contribution in [0.2, 0.25) is 0 Å². The summed E-state index contributed by atoms with van der Waals surface area (Å²) in [7, 11) is 0. The molecule has 0 aliphatic heterocycles. The minimum Gasteiger partial charge on any atom is -0.462 e. The van der Waals surface area contributed by atoms with E-state index in [0.29, 0.717) is 6.61 Å². The molecule has 0 N–H and O–H groups in total. The van der Waals surface area contributed by atoms with Crippen molar-refractivity contribution in [3.63, 3.8) is 0 Å². The number of carbonyl (C=O) groups excluding carboxylic acids is 1. The van der Waals surface area contributed by atoms with Gasteiger partial charge in [-0.25, -0.2) is 9.78 Å². The molecule has 3 aromatic rings. The number of nitrogens with zero attached hydrogens (tertiary/aromatic N) is 1. The number of hydrogen-bond acceptors (Lipinski definition) is 3. The lowest BCUT2D eigenvalue weighted by atomic mass is 9.80. The van der Waals surface area contributed by atoms with Gasteiger partial charge in [0.15, 0.2) is 0 Å². The molecular weight excluding hydrogens is 406 g/mol.